The van der Waals surface area contributed by atoms with Gasteiger partial charge in [0.2, 0.25) is 17.5 Å². The summed E-state index contributed by atoms with van der Waals surface area (Å²) in [6.45, 7) is -0.291. The molecule has 23 heavy (non-hydrogen) atoms. The predicted octanol–water partition coefficient (Wildman–Crippen LogP) is -0.978. The summed E-state index contributed by atoms with van der Waals surface area (Å²) in [5.74, 6) is -1.15. The third-order valence-electron chi connectivity index (χ3n) is 3.51. The van der Waals surface area contributed by atoms with Crippen molar-refractivity contribution in [3.63, 3.8) is 0 Å². The summed E-state index contributed by atoms with van der Waals surface area (Å²) in [6.07, 6.45) is -4.82. The number of phenols is 2. The quantitative estimate of drug-likeness (QED) is 0.469. The van der Waals surface area contributed by atoms with Crippen LogP contribution in [0.2, 0.25) is 0 Å². The lowest BCUT2D eigenvalue weighted by Crippen LogP contribution is -2.55. The fourth-order valence-electron chi connectivity index (χ4n) is 2.29. The van der Waals surface area contributed by atoms with Gasteiger partial charge >= 0.3 is 0 Å². The van der Waals surface area contributed by atoms with Crippen molar-refractivity contribution in [3.8, 4) is 17.2 Å². The number of hydrogen-bond acceptors (Lipinski definition) is 9. The monoisotopic (exact) mass is 326 g/mol. The Morgan fingerprint density at radius 1 is 1.13 bits per heavy atom. The number of hydrogen-bond donors (Lipinski definition) is 5. The Morgan fingerprint density at radius 3 is 2.61 bits per heavy atom. The van der Waals surface area contributed by atoms with Crippen LogP contribution in [0.25, 0.3) is 11.0 Å². The summed E-state index contributed by atoms with van der Waals surface area (Å²) in [6, 6.07) is 2.11. The van der Waals surface area contributed by atoms with E-state index in [1.807, 2.05) is 0 Å². The zero-order valence-corrected chi connectivity index (χ0v) is 11.6. The molecule has 4 atom stereocenters. The average molecular weight is 326 g/mol. The van der Waals surface area contributed by atoms with Gasteiger partial charge in [-0.1, -0.05) is 0 Å². The van der Waals surface area contributed by atoms with E-state index in [0.717, 1.165) is 18.4 Å². The van der Waals surface area contributed by atoms with Crippen molar-refractivity contribution in [3.05, 3.63) is 28.6 Å². The molecule has 1 aliphatic heterocycles. The molecule has 0 spiro atoms. The van der Waals surface area contributed by atoms with Crippen LogP contribution in [0.3, 0.4) is 0 Å². The third kappa shape index (κ3) is 2.70. The van der Waals surface area contributed by atoms with Gasteiger partial charge in [0.05, 0.1) is 6.61 Å². The minimum Gasteiger partial charge on any atom is -0.508 e. The first-order chi connectivity index (χ1) is 10.9. The Balaban J connectivity index is 1.95. The highest BCUT2D eigenvalue weighted by Gasteiger charge is 2.39. The molecular weight excluding hydrogens is 312 g/mol. The largest absolute Gasteiger partial charge is 0.508 e. The molecule has 3 rings (SSSR count). The van der Waals surface area contributed by atoms with Crippen molar-refractivity contribution >= 4 is 11.0 Å². The fourth-order valence-corrected chi connectivity index (χ4v) is 2.29. The number of aliphatic hydroxyl groups is 3. The van der Waals surface area contributed by atoms with Crippen molar-refractivity contribution < 1.29 is 39.4 Å². The number of aliphatic hydroxyl groups excluding tert-OH is 3. The van der Waals surface area contributed by atoms with Gasteiger partial charge in [0.15, 0.2) is 0 Å². The molecule has 1 saturated heterocycles. The molecule has 0 saturated carbocycles. The molecule has 0 aliphatic carbocycles. The van der Waals surface area contributed by atoms with E-state index in [9.17, 15) is 30.3 Å². The first-order valence-corrected chi connectivity index (χ1v) is 6.68. The summed E-state index contributed by atoms with van der Waals surface area (Å²) in [5.41, 5.74) is -0.805. The highest BCUT2D eigenvalue weighted by Crippen LogP contribution is 2.29. The molecule has 2 heterocycles. The maximum Gasteiger partial charge on any atom is 0.238 e. The number of ether oxygens (including phenoxy) is 2. The van der Waals surface area contributed by atoms with Crippen LogP contribution in [0.15, 0.2) is 27.6 Å². The van der Waals surface area contributed by atoms with Gasteiger partial charge in [-0.2, -0.15) is 0 Å². The van der Waals surface area contributed by atoms with E-state index in [0.29, 0.717) is 0 Å². The molecule has 1 aromatic carbocycles. The Morgan fingerprint density at radius 2 is 1.87 bits per heavy atom. The Kier molecular flexibility index (Phi) is 3.86. The molecule has 1 aliphatic rings. The van der Waals surface area contributed by atoms with Gasteiger partial charge in [-0.05, 0) is 0 Å². The van der Waals surface area contributed by atoms with E-state index in [-0.39, 0.29) is 29.1 Å². The van der Waals surface area contributed by atoms with Crippen LogP contribution in [-0.4, -0.2) is 56.7 Å². The van der Waals surface area contributed by atoms with Crippen molar-refractivity contribution in [2.75, 3.05) is 6.61 Å². The average Bonchev–Trinajstić information content (AvgIpc) is 2.49. The van der Waals surface area contributed by atoms with E-state index >= 15 is 0 Å². The normalized spacial score (nSPS) is 28.0. The third-order valence-corrected chi connectivity index (χ3v) is 3.51. The molecule has 1 fully saturated rings. The zero-order valence-electron chi connectivity index (χ0n) is 11.6. The maximum atomic E-state index is 12.3. The second kappa shape index (κ2) is 5.70. The van der Waals surface area contributed by atoms with Gasteiger partial charge in [0.1, 0.15) is 47.0 Å². The second-order valence-electron chi connectivity index (χ2n) is 5.14. The molecular formula is C14H14O9. The van der Waals surface area contributed by atoms with Gasteiger partial charge in [-0.25, -0.2) is 0 Å². The number of rotatable bonds is 2. The molecule has 0 amide bonds. The van der Waals surface area contributed by atoms with Crippen LogP contribution in [0.4, 0.5) is 0 Å². The lowest BCUT2D eigenvalue weighted by Gasteiger charge is -2.34. The summed E-state index contributed by atoms with van der Waals surface area (Å²) < 4.78 is 15.3. The molecule has 124 valence electrons. The maximum absolute atomic E-state index is 12.3. The van der Waals surface area contributed by atoms with Crippen LogP contribution < -0.4 is 10.2 Å². The summed E-state index contributed by atoms with van der Waals surface area (Å²) in [7, 11) is 0. The van der Waals surface area contributed by atoms with Gasteiger partial charge in [-0.3, -0.25) is 4.79 Å². The molecule has 9 nitrogen and oxygen atoms in total. The topological polar surface area (TPSA) is 150 Å². The predicted molar refractivity (Wildman–Crippen MR) is 74.2 cm³/mol. The first-order valence-electron chi connectivity index (χ1n) is 6.68. The molecule has 1 aromatic heterocycles. The van der Waals surface area contributed by atoms with Gasteiger partial charge < -0.3 is 39.4 Å². The van der Waals surface area contributed by atoms with Crippen LogP contribution >= 0.6 is 0 Å². The van der Waals surface area contributed by atoms with Crippen LogP contribution in [0, 0.1) is 0 Å². The van der Waals surface area contributed by atoms with E-state index in [4.69, 9.17) is 13.9 Å². The van der Waals surface area contributed by atoms with Crippen molar-refractivity contribution in [1.82, 2.24) is 0 Å². The molecule has 2 aromatic rings. The summed E-state index contributed by atoms with van der Waals surface area (Å²) in [5, 5.41) is 47.6. The van der Waals surface area contributed by atoms with Gasteiger partial charge in [-0.15, -0.1) is 0 Å². The van der Waals surface area contributed by atoms with E-state index in [1.165, 1.54) is 0 Å². The minimum atomic E-state index is -1.58. The van der Waals surface area contributed by atoms with Crippen LogP contribution in [0.5, 0.6) is 17.2 Å². The smallest absolute Gasteiger partial charge is 0.238 e. The highest BCUT2D eigenvalue weighted by molar-refractivity contribution is 5.85. The fraction of sp³-hybridized carbons (Fsp3) is 0.357. The molecule has 5 N–H and O–H groups in total. The van der Waals surface area contributed by atoms with Crippen LogP contribution in [-0.2, 0) is 4.74 Å². The number of benzene rings is 1. The summed E-state index contributed by atoms with van der Waals surface area (Å²) >= 11 is 0. The van der Waals surface area contributed by atoms with E-state index < -0.39 is 35.8 Å². The molecule has 9 heteroatoms. The molecule has 0 unspecified atom stereocenters. The lowest BCUT2D eigenvalue weighted by atomic mass is 10.1. The summed E-state index contributed by atoms with van der Waals surface area (Å²) in [4.78, 5) is 12.3. The van der Waals surface area contributed by atoms with E-state index in [2.05, 4.69) is 0 Å². The van der Waals surface area contributed by atoms with Crippen molar-refractivity contribution in [2.24, 2.45) is 0 Å². The van der Waals surface area contributed by atoms with E-state index in [1.54, 1.807) is 0 Å². The highest BCUT2D eigenvalue weighted by atomic mass is 16.7. The SMILES string of the molecule is O=c1c(O[C@@H]2OC[C@@H](O)[C@H](O)[C@H]2O)coc2cc(O)cc(O)c12. The van der Waals surface area contributed by atoms with Gasteiger partial charge in [0, 0.05) is 12.1 Å². The van der Waals surface area contributed by atoms with Crippen LogP contribution in [0.1, 0.15) is 0 Å². The Bertz CT molecular complexity index is 784. The second-order valence-corrected chi connectivity index (χ2v) is 5.14. The lowest BCUT2D eigenvalue weighted by molar-refractivity contribution is -0.242. The number of phenolic OH excluding ortho intramolecular Hbond substituents is 2. The molecule has 0 bridgehead atoms. The first kappa shape index (κ1) is 15.6. The van der Waals surface area contributed by atoms with Crippen molar-refractivity contribution in [1.29, 1.82) is 0 Å². The Hall–Kier alpha value is -2.33. The zero-order chi connectivity index (χ0) is 16.7. The van der Waals surface area contributed by atoms with Crippen molar-refractivity contribution in [2.45, 2.75) is 24.6 Å². The van der Waals surface area contributed by atoms with Gasteiger partial charge in [0.25, 0.3) is 0 Å². The number of aromatic hydroxyl groups is 2. The standard InChI is InChI=1S/C14H14O9/c15-5-1-6(16)10-8(2-5)21-4-9(12(10)19)23-14-13(20)11(18)7(17)3-22-14/h1-2,4,7,11,13-18,20H,3H2/t7-,11+,13-,14+/m1/s1. The molecule has 0 radical (unpaired) electrons. The Labute approximate surface area is 128 Å². The number of fused-ring (bicyclic) bond motifs is 1. The minimum absolute atomic E-state index is 0.0552.